The van der Waals surface area contributed by atoms with E-state index < -0.39 is 11.4 Å². The molecule has 0 radical (unpaired) electrons. The van der Waals surface area contributed by atoms with Gasteiger partial charge in [-0.05, 0) is 31.4 Å². The largest absolute Gasteiger partial charge is 0.481 e. The van der Waals surface area contributed by atoms with Gasteiger partial charge in [-0.3, -0.25) is 4.79 Å². The number of carbonyl (C=O) groups is 1. The van der Waals surface area contributed by atoms with Crippen LogP contribution in [0.3, 0.4) is 0 Å². The molecular weight excluding hydrogens is 228 g/mol. The molecule has 1 aromatic heterocycles. The summed E-state index contributed by atoms with van der Waals surface area (Å²) in [5.74, 6) is 0.196. The number of para-hydroxylation sites is 1. The fourth-order valence-electron chi connectivity index (χ4n) is 2.85. The summed E-state index contributed by atoms with van der Waals surface area (Å²) in [5, 5.41) is 9.54. The van der Waals surface area contributed by atoms with Gasteiger partial charge in [0, 0.05) is 7.05 Å². The second-order valence-electron chi connectivity index (χ2n) is 5.13. The molecule has 0 amide bonds. The summed E-state index contributed by atoms with van der Waals surface area (Å²) in [7, 11) is 1.96. The number of nitrogens with zero attached hydrogens (tertiary/aromatic N) is 2. The molecule has 4 nitrogen and oxygen atoms in total. The van der Waals surface area contributed by atoms with Crippen LogP contribution in [0.25, 0.3) is 11.0 Å². The first-order valence-corrected chi connectivity index (χ1v) is 6.22. The summed E-state index contributed by atoms with van der Waals surface area (Å²) in [6.45, 7) is 1.94. The number of fused-ring (bicyclic) bond motifs is 1. The van der Waals surface area contributed by atoms with Crippen molar-refractivity contribution in [2.75, 3.05) is 0 Å². The van der Waals surface area contributed by atoms with Gasteiger partial charge < -0.3 is 9.67 Å². The number of imidazole rings is 1. The Bertz CT molecular complexity index is 639. The summed E-state index contributed by atoms with van der Waals surface area (Å²) in [6.07, 6.45) is 2.42. The lowest BCUT2D eigenvalue weighted by atomic mass is 9.64. The van der Waals surface area contributed by atoms with Gasteiger partial charge in [0.15, 0.2) is 0 Å². The van der Waals surface area contributed by atoms with Crippen LogP contribution in [0.5, 0.6) is 0 Å². The van der Waals surface area contributed by atoms with E-state index in [1.807, 2.05) is 36.7 Å². The number of aryl methyl sites for hydroxylation is 2. The van der Waals surface area contributed by atoms with E-state index >= 15 is 0 Å². The standard InChI is InChI=1S/C14H16N2O2/c1-9-15-12-10(5-3-6-11(12)16(9)2)14(13(17)18)7-4-8-14/h3,5-6H,4,7-8H2,1-2H3,(H,17,18). The SMILES string of the molecule is Cc1nc2c(C3(C(=O)O)CCC3)cccc2n1C. The fourth-order valence-corrected chi connectivity index (χ4v) is 2.85. The molecule has 4 heteroatoms. The first-order valence-electron chi connectivity index (χ1n) is 6.22. The summed E-state index contributed by atoms with van der Waals surface area (Å²) in [4.78, 5) is 16.1. The highest BCUT2D eigenvalue weighted by Gasteiger charge is 2.47. The average Bonchev–Trinajstić information content (AvgIpc) is 2.55. The Morgan fingerprint density at radius 3 is 2.72 bits per heavy atom. The van der Waals surface area contributed by atoms with Crippen molar-refractivity contribution in [2.45, 2.75) is 31.6 Å². The Morgan fingerprint density at radius 1 is 1.44 bits per heavy atom. The Kier molecular flexibility index (Phi) is 2.24. The number of aromatic nitrogens is 2. The molecule has 2 aromatic rings. The molecule has 1 saturated carbocycles. The molecule has 3 rings (SSSR count). The zero-order valence-electron chi connectivity index (χ0n) is 10.6. The quantitative estimate of drug-likeness (QED) is 0.882. The third-order valence-corrected chi connectivity index (χ3v) is 4.27. The minimum atomic E-state index is -0.718. The first kappa shape index (κ1) is 11.3. The van der Waals surface area contributed by atoms with Gasteiger partial charge in [0.2, 0.25) is 0 Å². The van der Waals surface area contributed by atoms with Crippen LogP contribution >= 0.6 is 0 Å². The summed E-state index contributed by atoms with van der Waals surface area (Å²) < 4.78 is 2.01. The van der Waals surface area contributed by atoms with Gasteiger partial charge in [-0.2, -0.15) is 0 Å². The van der Waals surface area contributed by atoms with Gasteiger partial charge in [0.1, 0.15) is 5.82 Å². The number of rotatable bonds is 2. The fraction of sp³-hybridized carbons (Fsp3) is 0.429. The van der Waals surface area contributed by atoms with Crippen LogP contribution in [0, 0.1) is 6.92 Å². The van der Waals surface area contributed by atoms with Crippen LogP contribution in [0.1, 0.15) is 30.7 Å². The number of hydrogen-bond acceptors (Lipinski definition) is 2. The zero-order chi connectivity index (χ0) is 12.9. The lowest BCUT2D eigenvalue weighted by Gasteiger charge is -2.38. The van der Waals surface area contributed by atoms with Crippen molar-refractivity contribution < 1.29 is 9.90 Å². The van der Waals surface area contributed by atoms with Gasteiger partial charge >= 0.3 is 5.97 Å². The Labute approximate surface area is 105 Å². The maximum Gasteiger partial charge on any atom is 0.314 e. The number of aliphatic carboxylic acids is 1. The van der Waals surface area contributed by atoms with Gasteiger partial charge in [0.05, 0.1) is 16.4 Å². The molecule has 18 heavy (non-hydrogen) atoms. The molecule has 1 N–H and O–H groups in total. The third-order valence-electron chi connectivity index (χ3n) is 4.27. The van der Waals surface area contributed by atoms with E-state index in [1.54, 1.807) is 0 Å². The van der Waals surface area contributed by atoms with Gasteiger partial charge in [-0.15, -0.1) is 0 Å². The summed E-state index contributed by atoms with van der Waals surface area (Å²) >= 11 is 0. The van der Waals surface area contributed by atoms with Crippen molar-refractivity contribution in [3.05, 3.63) is 29.6 Å². The zero-order valence-corrected chi connectivity index (χ0v) is 10.6. The highest BCUT2D eigenvalue weighted by molar-refractivity contribution is 5.90. The van der Waals surface area contributed by atoms with Crippen LogP contribution in [-0.2, 0) is 17.3 Å². The van der Waals surface area contributed by atoms with Crippen molar-refractivity contribution in [2.24, 2.45) is 7.05 Å². The smallest absolute Gasteiger partial charge is 0.314 e. The summed E-state index contributed by atoms with van der Waals surface area (Å²) in [5.41, 5.74) is 2.03. The lowest BCUT2D eigenvalue weighted by molar-refractivity contribution is -0.147. The topological polar surface area (TPSA) is 55.1 Å². The second kappa shape index (κ2) is 3.57. The van der Waals surface area contributed by atoms with Crippen LogP contribution in [0.15, 0.2) is 18.2 Å². The molecule has 0 unspecified atom stereocenters. The maximum atomic E-state index is 11.6. The Balaban J connectivity index is 2.30. The monoisotopic (exact) mass is 244 g/mol. The van der Waals surface area contributed by atoms with Crippen molar-refractivity contribution in [1.82, 2.24) is 9.55 Å². The Hall–Kier alpha value is -1.84. The first-order chi connectivity index (χ1) is 8.56. The Morgan fingerprint density at radius 2 is 2.17 bits per heavy atom. The van der Waals surface area contributed by atoms with E-state index in [1.165, 1.54) is 0 Å². The van der Waals surface area contributed by atoms with E-state index in [-0.39, 0.29) is 0 Å². The van der Waals surface area contributed by atoms with E-state index in [0.717, 1.165) is 41.7 Å². The van der Waals surface area contributed by atoms with Gasteiger partial charge in [-0.25, -0.2) is 4.98 Å². The molecule has 1 aliphatic rings. The molecular formula is C14H16N2O2. The van der Waals surface area contributed by atoms with Crippen molar-refractivity contribution in [3.63, 3.8) is 0 Å². The third kappa shape index (κ3) is 1.26. The van der Waals surface area contributed by atoms with Crippen LogP contribution in [0.2, 0.25) is 0 Å². The second-order valence-corrected chi connectivity index (χ2v) is 5.13. The number of carboxylic acid groups (broad SMARTS) is 1. The average molecular weight is 244 g/mol. The normalized spacial score (nSPS) is 17.7. The number of hydrogen-bond donors (Lipinski definition) is 1. The van der Waals surface area contributed by atoms with Crippen molar-refractivity contribution in [1.29, 1.82) is 0 Å². The predicted octanol–water partition coefficient (Wildman–Crippen LogP) is 2.39. The minimum absolute atomic E-state index is 0.708. The minimum Gasteiger partial charge on any atom is -0.481 e. The molecule has 1 heterocycles. The van der Waals surface area contributed by atoms with Crippen molar-refractivity contribution >= 4 is 17.0 Å². The lowest BCUT2D eigenvalue weighted by Crippen LogP contribution is -2.42. The highest BCUT2D eigenvalue weighted by atomic mass is 16.4. The number of benzene rings is 1. The van der Waals surface area contributed by atoms with Crippen LogP contribution in [-0.4, -0.2) is 20.6 Å². The van der Waals surface area contributed by atoms with Crippen molar-refractivity contribution in [3.8, 4) is 0 Å². The molecule has 0 bridgehead atoms. The van der Waals surface area contributed by atoms with E-state index in [9.17, 15) is 9.90 Å². The predicted molar refractivity (Wildman–Crippen MR) is 68.6 cm³/mol. The maximum absolute atomic E-state index is 11.6. The molecule has 1 aromatic carbocycles. The molecule has 0 saturated heterocycles. The van der Waals surface area contributed by atoms with Crippen LogP contribution in [0.4, 0.5) is 0 Å². The van der Waals surface area contributed by atoms with E-state index in [0.29, 0.717) is 0 Å². The van der Waals surface area contributed by atoms with Gasteiger partial charge in [-0.1, -0.05) is 18.6 Å². The van der Waals surface area contributed by atoms with Crippen LogP contribution < -0.4 is 0 Å². The molecule has 1 fully saturated rings. The molecule has 0 spiro atoms. The molecule has 94 valence electrons. The molecule has 1 aliphatic carbocycles. The highest BCUT2D eigenvalue weighted by Crippen LogP contribution is 2.46. The van der Waals surface area contributed by atoms with E-state index in [2.05, 4.69) is 4.98 Å². The number of carboxylic acids is 1. The summed E-state index contributed by atoms with van der Waals surface area (Å²) in [6, 6.07) is 5.84. The molecule has 0 atom stereocenters. The molecule has 0 aliphatic heterocycles. The van der Waals surface area contributed by atoms with E-state index in [4.69, 9.17) is 0 Å². The van der Waals surface area contributed by atoms with Gasteiger partial charge in [0.25, 0.3) is 0 Å².